The third kappa shape index (κ3) is 9.26. The zero-order valence-electron chi connectivity index (χ0n) is 35.4. The summed E-state index contributed by atoms with van der Waals surface area (Å²) in [6.07, 6.45) is 4.96. The van der Waals surface area contributed by atoms with Crippen LogP contribution in [0.4, 0.5) is 11.9 Å². The summed E-state index contributed by atoms with van der Waals surface area (Å²) >= 11 is 0. The van der Waals surface area contributed by atoms with Crippen LogP contribution in [-0.4, -0.2) is 91.4 Å². The molecule has 4 heterocycles. The Labute approximate surface area is 354 Å². The van der Waals surface area contributed by atoms with Gasteiger partial charge in [0.2, 0.25) is 41.1 Å². The Bertz CT molecular complexity index is 2720. The lowest BCUT2D eigenvalue weighted by Gasteiger charge is -2.15. The number of nitrogens with zero attached hydrogens (tertiary/aromatic N) is 7. The molecule has 0 unspecified atom stereocenters. The maximum atomic E-state index is 13.7. The second-order valence-corrected chi connectivity index (χ2v) is 13.9. The van der Waals surface area contributed by atoms with Crippen LogP contribution in [0.15, 0.2) is 45.3 Å². The number of carbonyl (C=O) groups is 5. The molecule has 0 radical (unpaired) electrons. The Morgan fingerprint density at radius 3 is 1.66 bits per heavy atom. The topological polar surface area (TPSA) is 283 Å². The Hall–Kier alpha value is -7.55. The van der Waals surface area contributed by atoms with Gasteiger partial charge in [-0.15, -0.1) is 0 Å². The summed E-state index contributed by atoms with van der Waals surface area (Å²) in [4.78, 5) is 82.3. The van der Waals surface area contributed by atoms with Crippen LogP contribution in [0.25, 0.3) is 22.1 Å². The second-order valence-electron chi connectivity index (χ2n) is 13.9. The number of hydrogen-bond acceptors (Lipinski definition) is 14. The van der Waals surface area contributed by atoms with Crippen LogP contribution in [0.3, 0.4) is 0 Å². The monoisotopic (exact) mass is 852 g/mol. The van der Waals surface area contributed by atoms with E-state index in [0.29, 0.717) is 59.0 Å². The number of hydrazine groups is 1. The second kappa shape index (κ2) is 18.8. The molecule has 5 amide bonds. The van der Waals surface area contributed by atoms with Gasteiger partial charge in [-0.2, -0.15) is 0 Å². The molecule has 0 fully saturated rings. The fourth-order valence-corrected chi connectivity index (χ4v) is 6.71. The van der Waals surface area contributed by atoms with E-state index in [-0.39, 0.29) is 83.6 Å². The molecule has 7 N–H and O–H groups in total. The van der Waals surface area contributed by atoms with E-state index in [1.807, 2.05) is 13.8 Å². The van der Waals surface area contributed by atoms with E-state index in [1.165, 1.54) is 36.4 Å². The molecular weight excluding hydrogens is 805 g/mol. The van der Waals surface area contributed by atoms with Gasteiger partial charge in [0.05, 0.1) is 36.1 Å². The van der Waals surface area contributed by atoms with Crippen molar-refractivity contribution in [1.82, 2.24) is 39.5 Å². The van der Waals surface area contributed by atoms with Crippen molar-refractivity contribution >= 4 is 63.5 Å². The number of amides is 5. The maximum Gasteiger partial charge on any atom is 0.295 e. The van der Waals surface area contributed by atoms with E-state index in [4.69, 9.17) is 29.8 Å². The molecule has 6 aromatic rings. The number of imidazole rings is 2. The van der Waals surface area contributed by atoms with Crippen molar-refractivity contribution in [2.75, 3.05) is 38.4 Å². The fourth-order valence-electron chi connectivity index (χ4n) is 6.71. The molecule has 21 heteroatoms. The first-order valence-corrected chi connectivity index (χ1v) is 19.7. The van der Waals surface area contributed by atoms with Gasteiger partial charge in [0.1, 0.15) is 22.5 Å². The van der Waals surface area contributed by atoms with Gasteiger partial charge in [0.25, 0.3) is 11.8 Å². The minimum atomic E-state index is -0.731. The molecule has 62 heavy (non-hydrogen) atoms. The van der Waals surface area contributed by atoms with Gasteiger partial charge in [0, 0.05) is 58.6 Å². The average Bonchev–Trinajstić information content (AvgIpc) is 4.02. The summed E-state index contributed by atoms with van der Waals surface area (Å²) in [5.41, 5.74) is 16.7. The number of rotatable bonds is 19. The van der Waals surface area contributed by atoms with Gasteiger partial charge in [-0.1, -0.05) is 26.0 Å². The predicted molar refractivity (Wildman–Crippen MR) is 226 cm³/mol. The van der Waals surface area contributed by atoms with Crippen molar-refractivity contribution in [2.45, 2.75) is 66.5 Å². The number of nitrogens with one attached hydrogen (secondary N) is 3. The summed E-state index contributed by atoms with van der Waals surface area (Å²) in [5, 5.41) is 7.01. The number of primary amides is 2. The Kier molecular flexibility index (Phi) is 13.3. The SMILES string of the molecule is CCc1nc(C)oc1C(=O)Nc1nc2cc(C(N)=O)cc(OC)c2n1C/C=C/Cn1c(NC(=O)c2oc(C)nc2CC)nc2cc(C(N)=O)cc(OCCCC(=O)N(C)NC)c21. The third-order valence-corrected chi connectivity index (χ3v) is 9.79. The molecule has 0 bridgehead atoms. The highest BCUT2D eigenvalue weighted by atomic mass is 16.5. The minimum Gasteiger partial charge on any atom is -0.494 e. The minimum absolute atomic E-state index is 0.0196. The number of carbonyl (C=O) groups excluding carboxylic acids is 5. The molecule has 0 aliphatic rings. The smallest absolute Gasteiger partial charge is 0.295 e. The number of hydrogen-bond donors (Lipinski definition) is 5. The summed E-state index contributed by atoms with van der Waals surface area (Å²) in [6, 6.07) is 5.95. The molecule has 0 spiro atoms. The number of ether oxygens (including phenoxy) is 2. The van der Waals surface area contributed by atoms with Crippen molar-refractivity contribution < 1.29 is 42.3 Å². The molecule has 0 atom stereocenters. The molecule has 0 saturated carbocycles. The number of fused-ring (bicyclic) bond motifs is 2. The maximum absolute atomic E-state index is 13.7. The zero-order chi connectivity index (χ0) is 44.8. The van der Waals surface area contributed by atoms with Gasteiger partial charge in [0.15, 0.2) is 11.8 Å². The van der Waals surface area contributed by atoms with Crippen molar-refractivity contribution in [3.05, 3.63) is 82.2 Å². The van der Waals surface area contributed by atoms with Crippen LogP contribution in [0.1, 0.15) is 91.7 Å². The largest absolute Gasteiger partial charge is 0.494 e. The normalized spacial score (nSPS) is 11.4. The number of benzene rings is 2. The van der Waals surface area contributed by atoms with Crippen LogP contribution in [0, 0.1) is 13.8 Å². The highest BCUT2D eigenvalue weighted by molar-refractivity contribution is 6.05. The third-order valence-electron chi connectivity index (χ3n) is 9.79. The lowest BCUT2D eigenvalue weighted by molar-refractivity contribution is -0.132. The number of anilines is 2. The van der Waals surface area contributed by atoms with Crippen LogP contribution < -0.4 is 37.0 Å². The predicted octanol–water partition coefficient (Wildman–Crippen LogP) is 3.82. The van der Waals surface area contributed by atoms with Gasteiger partial charge in [-0.25, -0.2) is 25.4 Å². The molecule has 2 aromatic carbocycles. The number of aromatic nitrogens is 6. The number of nitrogens with two attached hydrogens (primary N) is 2. The van der Waals surface area contributed by atoms with Crippen molar-refractivity contribution in [1.29, 1.82) is 0 Å². The van der Waals surface area contributed by atoms with E-state index in [9.17, 15) is 24.0 Å². The first-order valence-electron chi connectivity index (χ1n) is 19.7. The highest BCUT2D eigenvalue weighted by Crippen LogP contribution is 2.33. The Morgan fingerprint density at radius 1 is 0.758 bits per heavy atom. The molecule has 0 aliphatic heterocycles. The molecule has 0 aliphatic carbocycles. The van der Waals surface area contributed by atoms with E-state index in [0.717, 1.165) is 0 Å². The lowest BCUT2D eigenvalue weighted by atomic mass is 10.1. The van der Waals surface area contributed by atoms with E-state index in [2.05, 4.69) is 36.0 Å². The van der Waals surface area contributed by atoms with E-state index in [1.54, 1.807) is 49.2 Å². The van der Waals surface area contributed by atoms with Gasteiger partial charge in [-0.3, -0.25) is 39.6 Å². The van der Waals surface area contributed by atoms with Gasteiger partial charge < -0.3 is 38.9 Å². The Balaban J connectivity index is 1.40. The van der Waals surface area contributed by atoms with Gasteiger partial charge in [-0.05, 0) is 43.5 Å². The number of oxazole rings is 2. The molecule has 21 nitrogen and oxygen atoms in total. The van der Waals surface area contributed by atoms with Gasteiger partial charge >= 0.3 is 0 Å². The highest BCUT2D eigenvalue weighted by Gasteiger charge is 2.25. The quantitative estimate of drug-likeness (QED) is 0.0440. The molecule has 0 saturated heterocycles. The molecule has 326 valence electrons. The summed E-state index contributed by atoms with van der Waals surface area (Å²) in [6.45, 7) is 7.25. The van der Waals surface area contributed by atoms with Crippen LogP contribution in [0.5, 0.6) is 11.5 Å². The summed E-state index contributed by atoms with van der Waals surface area (Å²) < 4.78 is 26.5. The lowest BCUT2D eigenvalue weighted by Crippen LogP contribution is -2.36. The molecule has 4 aromatic heterocycles. The van der Waals surface area contributed by atoms with E-state index >= 15 is 0 Å². The van der Waals surface area contributed by atoms with Crippen LogP contribution >= 0.6 is 0 Å². The Morgan fingerprint density at radius 2 is 1.23 bits per heavy atom. The molecular formula is C41H48N12O9. The van der Waals surface area contributed by atoms with Crippen molar-refractivity contribution in [3.8, 4) is 11.5 Å². The molecule has 6 rings (SSSR count). The summed E-state index contributed by atoms with van der Waals surface area (Å²) in [5.74, 6) is -1.39. The first-order chi connectivity index (χ1) is 29.7. The summed E-state index contributed by atoms with van der Waals surface area (Å²) in [7, 11) is 4.67. The zero-order valence-corrected chi connectivity index (χ0v) is 35.4. The van der Waals surface area contributed by atoms with Crippen LogP contribution in [-0.2, 0) is 30.7 Å². The first kappa shape index (κ1) is 44.0. The number of methoxy groups -OCH3 is 1. The number of aryl methyl sites for hydroxylation is 4. The standard InChI is InChI=1S/C41H48N12O9/c1-8-25-34(61-21(3)45-25)38(57)49-40-47-27-17-23(36(42)55)19-29(59-7)32(27)52(40)14-10-11-15-53-33-28(48-41(53)50-39(58)35-26(9-2)46-22(4)62-35)18-24(37(43)56)20-30(33)60-16-12-13-31(54)51(6)44-5/h10-11,17-20,44H,8-9,12-16H2,1-7H3,(H2,42,55)(H2,43,56)(H,47,49,57)(H,48,50,58)/b11-10+. The fraction of sp³-hybridized carbons (Fsp3) is 0.341. The van der Waals surface area contributed by atoms with E-state index < -0.39 is 23.6 Å². The van der Waals surface area contributed by atoms with Crippen molar-refractivity contribution in [3.63, 3.8) is 0 Å². The van der Waals surface area contributed by atoms with Crippen molar-refractivity contribution in [2.24, 2.45) is 11.5 Å². The van der Waals surface area contributed by atoms with Crippen LogP contribution in [0.2, 0.25) is 0 Å². The average molecular weight is 853 g/mol. The number of allylic oxidation sites excluding steroid dienone is 2.